The molecular formula is C16H22ClN3S. The molecule has 0 radical (unpaired) electrons. The van der Waals surface area contributed by atoms with Gasteiger partial charge in [0.2, 0.25) is 0 Å². The summed E-state index contributed by atoms with van der Waals surface area (Å²) >= 11 is 7.78. The SMILES string of the molecule is Cn1c(Cl)cnc1CSc1cccc(CNC(C)(C)C)c1. The van der Waals surface area contributed by atoms with Gasteiger partial charge in [-0.15, -0.1) is 11.8 Å². The van der Waals surface area contributed by atoms with Gasteiger partial charge in [0, 0.05) is 24.0 Å². The lowest BCUT2D eigenvalue weighted by molar-refractivity contribution is 0.424. The summed E-state index contributed by atoms with van der Waals surface area (Å²) in [5, 5.41) is 4.18. The standard InChI is InChI=1S/C16H22ClN3S/c1-16(2,3)19-9-12-6-5-7-13(8-12)21-11-15-18-10-14(17)20(15)4/h5-8,10,19H,9,11H2,1-4H3. The maximum absolute atomic E-state index is 6.00. The summed E-state index contributed by atoms with van der Waals surface area (Å²) in [7, 11) is 1.94. The van der Waals surface area contributed by atoms with Crippen LogP contribution in [0.15, 0.2) is 35.4 Å². The van der Waals surface area contributed by atoms with Crippen LogP contribution in [-0.4, -0.2) is 15.1 Å². The predicted octanol–water partition coefficient (Wildman–Crippen LogP) is 4.25. The number of aromatic nitrogens is 2. The molecule has 5 heteroatoms. The van der Waals surface area contributed by atoms with E-state index in [0.717, 1.165) is 18.1 Å². The number of benzene rings is 1. The van der Waals surface area contributed by atoms with Gasteiger partial charge in [-0.25, -0.2) is 4.98 Å². The third-order valence-corrected chi connectivity index (χ3v) is 4.46. The zero-order valence-corrected chi connectivity index (χ0v) is 14.6. The molecule has 0 amide bonds. The average molecular weight is 324 g/mol. The summed E-state index contributed by atoms with van der Waals surface area (Å²) in [6.45, 7) is 7.41. The molecular weight excluding hydrogens is 302 g/mol. The number of nitrogens with one attached hydrogen (secondary N) is 1. The molecule has 0 atom stereocenters. The molecule has 1 aromatic carbocycles. The second-order valence-electron chi connectivity index (χ2n) is 6.10. The highest BCUT2D eigenvalue weighted by Gasteiger charge is 2.09. The second-order valence-corrected chi connectivity index (χ2v) is 7.53. The molecule has 0 aliphatic carbocycles. The Morgan fingerprint density at radius 1 is 1.33 bits per heavy atom. The summed E-state index contributed by atoms with van der Waals surface area (Å²) in [4.78, 5) is 5.57. The highest BCUT2D eigenvalue weighted by molar-refractivity contribution is 7.98. The van der Waals surface area contributed by atoms with Crippen LogP contribution in [0, 0.1) is 0 Å². The Kier molecular flexibility index (Phi) is 5.36. The highest BCUT2D eigenvalue weighted by Crippen LogP contribution is 2.24. The zero-order valence-electron chi connectivity index (χ0n) is 13.0. The molecule has 1 aromatic heterocycles. The Labute approximate surface area is 136 Å². The molecule has 0 bridgehead atoms. The van der Waals surface area contributed by atoms with Crippen molar-refractivity contribution in [3.8, 4) is 0 Å². The lowest BCUT2D eigenvalue weighted by atomic mass is 10.1. The van der Waals surface area contributed by atoms with Crippen molar-refractivity contribution in [3.63, 3.8) is 0 Å². The Morgan fingerprint density at radius 2 is 2.10 bits per heavy atom. The molecule has 0 spiro atoms. The van der Waals surface area contributed by atoms with Crippen LogP contribution in [0.1, 0.15) is 32.2 Å². The van der Waals surface area contributed by atoms with E-state index in [1.807, 2.05) is 11.6 Å². The third-order valence-electron chi connectivity index (χ3n) is 3.12. The van der Waals surface area contributed by atoms with Crippen molar-refractivity contribution in [2.24, 2.45) is 7.05 Å². The van der Waals surface area contributed by atoms with Gasteiger partial charge < -0.3 is 9.88 Å². The van der Waals surface area contributed by atoms with Gasteiger partial charge in [0.15, 0.2) is 0 Å². The Bertz CT molecular complexity index is 602. The largest absolute Gasteiger partial charge is 0.322 e. The Morgan fingerprint density at radius 3 is 2.71 bits per heavy atom. The second kappa shape index (κ2) is 6.86. The highest BCUT2D eigenvalue weighted by atomic mass is 35.5. The van der Waals surface area contributed by atoms with Crippen LogP contribution in [0.5, 0.6) is 0 Å². The molecule has 1 N–H and O–H groups in total. The van der Waals surface area contributed by atoms with E-state index in [1.165, 1.54) is 10.5 Å². The van der Waals surface area contributed by atoms with E-state index in [-0.39, 0.29) is 5.54 Å². The quantitative estimate of drug-likeness (QED) is 0.834. The van der Waals surface area contributed by atoms with Crippen LogP contribution < -0.4 is 5.32 Å². The number of rotatable bonds is 5. The Balaban J connectivity index is 1.96. The van der Waals surface area contributed by atoms with E-state index in [0.29, 0.717) is 5.15 Å². The van der Waals surface area contributed by atoms with Gasteiger partial charge >= 0.3 is 0 Å². The first kappa shape index (κ1) is 16.4. The summed E-state index contributed by atoms with van der Waals surface area (Å²) in [5.41, 5.74) is 1.43. The minimum absolute atomic E-state index is 0.132. The number of halogens is 1. The summed E-state index contributed by atoms with van der Waals surface area (Å²) in [6, 6.07) is 8.62. The van der Waals surface area contributed by atoms with Crippen LogP contribution in [0.3, 0.4) is 0 Å². The van der Waals surface area contributed by atoms with E-state index in [2.05, 4.69) is 55.3 Å². The smallest absolute Gasteiger partial charge is 0.128 e. The van der Waals surface area contributed by atoms with Crippen molar-refractivity contribution >= 4 is 23.4 Å². The molecule has 2 rings (SSSR count). The Hall–Kier alpha value is -0.970. The first-order valence-electron chi connectivity index (χ1n) is 6.98. The van der Waals surface area contributed by atoms with E-state index < -0.39 is 0 Å². The minimum Gasteiger partial charge on any atom is -0.322 e. The van der Waals surface area contributed by atoms with Crippen LogP contribution in [0.25, 0.3) is 0 Å². The molecule has 0 aliphatic rings. The molecule has 0 fully saturated rings. The number of thioether (sulfide) groups is 1. The van der Waals surface area contributed by atoms with Crippen molar-refractivity contribution in [2.75, 3.05) is 0 Å². The fraction of sp³-hybridized carbons (Fsp3) is 0.438. The average Bonchev–Trinajstić information content (AvgIpc) is 2.74. The van der Waals surface area contributed by atoms with Crippen LogP contribution in [0.2, 0.25) is 5.15 Å². The molecule has 0 saturated carbocycles. The summed E-state index contributed by atoms with van der Waals surface area (Å²) < 4.78 is 1.92. The molecule has 1 heterocycles. The summed E-state index contributed by atoms with van der Waals surface area (Å²) in [5.74, 6) is 1.81. The molecule has 0 saturated heterocycles. The summed E-state index contributed by atoms with van der Waals surface area (Å²) in [6.07, 6.45) is 1.70. The molecule has 0 unspecified atom stereocenters. The van der Waals surface area contributed by atoms with E-state index in [4.69, 9.17) is 11.6 Å². The number of imidazole rings is 1. The van der Waals surface area contributed by atoms with Crippen LogP contribution >= 0.6 is 23.4 Å². The van der Waals surface area contributed by atoms with Gasteiger partial charge in [-0.1, -0.05) is 23.7 Å². The fourth-order valence-electron chi connectivity index (χ4n) is 1.82. The lowest BCUT2D eigenvalue weighted by Gasteiger charge is -2.20. The first-order valence-corrected chi connectivity index (χ1v) is 8.34. The number of hydrogen-bond donors (Lipinski definition) is 1. The molecule has 2 aromatic rings. The van der Waals surface area contributed by atoms with Crippen LogP contribution in [-0.2, 0) is 19.3 Å². The van der Waals surface area contributed by atoms with Gasteiger partial charge in [-0.3, -0.25) is 0 Å². The van der Waals surface area contributed by atoms with Gasteiger partial charge in [0.1, 0.15) is 11.0 Å². The van der Waals surface area contributed by atoms with Crippen molar-refractivity contribution < 1.29 is 0 Å². The van der Waals surface area contributed by atoms with E-state index in [1.54, 1.807) is 18.0 Å². The normalized spacial score (nSPS) is 11.9. The maximum atomic E-state index is 6.00. The first-order chi connectivity index (χ1) is 9.85. The lowest BCUT2D eigenvalue weighted by Crippen LogP contribution is -2.35. The number of nitrogens with zero attached hydrogens (tertiary/aromatic N) is 2. The van der Waals surface area contributed by atoms with Crippen molar-refractivity contribution in [3.05, 3.63) is 47.0 Å². The van der Waals surface area contributed by atoms with E-state index >= 15 is 0 Å². The molecule has 0 aliphatic heterocycles. The third kappa shape index (κ3) is 5.06. The van der Waals surface area contributed by atoms with Gasteiger partial charge in [-0.2, -0.15) is 0 Å². The van der Waals surface area contributed by atoms with Gasteiger partial charge in [0.05, 0.1) is 11.9 Å². The predicted molar refractivity (Wildman–Crippen MR) is 90.8 cm³/mol. The monoisotopic (exact) mass is 323 g/mol. The fourth-order valence-corrected chi connectivity index (χ4v) is 2.94. The van der Waals surface area contributed by atoms with Crippen LogP contribution in [0.4, 0.5) is 0 Å². The van der Waals surface area contributed by atoms with Gasteiger partial charge in [-0.05, 0) is 38.5 Å². The molecule has 114 valence electrons. The maximum Gasteiger partial charge on any atom is 0.128 e. The van der Waals surface area contributed by atoms with Gasteiger partial charge in [0.25, 0.3) is 0 Å². The topological polar surface area (TPSA) is 29.9 Å². The number of hydrogen-bond acceptors (Lipinski definition) is 3. The molecule has 21 heavy (non-hydrogen) atoms. The molecule has 3 nitrogen and oxygen atoms in total. The van der Waals surface area contributed by atoms with Crippen molar-refractivity contribution in [2.45, 2.75) is 43.5 Å². The zero-order chi connectivity index (χ0) is 15.5. The van der Waals surface area contributed by atoms with Crippen molar-refractivity contribution in [1.82, 2.24) is 14.9 Å². The van der Waals surface area contributed by atoms with E-state index in [9.17, 15) is 0 Å². The minimum atomic E-state index is 0.132. The van der Waals surface area contributed by atoms with Crippen molar-refractivity contribution in [1.29, 1.82) is 0 Å².